The second kappa shape index (κ2) is 4.70. The molecule has 0 aromatic carbocycles. The maximum atomic E-state index is 6.08. The molecule has 0 bridgehead atoms. The third kappa shape index (κ3) is 2.27. The molecular formula is C12H19N3O. The van der Waals surface area contributed by atoms with Gasteiger partial charge in [0.05, 0.1) is 12.3 Å². The second-order valence-electron chi connectivity index (χ2n) is 4.28. The smallest absolute Gasteiger partial charge is 0.152 e. The van der Waals surface area contributed by atoms with E-state index in [4.69, 9.17) is 10.5 Å². The van der Waals surface area contributed by atoms with Crippen molar-refractivity contribution in [1.82, 2.24) is 4.98 Å². The van der Waals surface area contributed by atoms with E-state index in [0.29, 0.717) is 12.6 Å². The molecule has 88 valence electrons. The number of pyridine rings is 1. The zero-order valence-electron chi connectivity index (χ0n) is 9.94. The summed E-state index contributed by atoms with van der Waals surface area (Å²) in [4.78, 5) is 6.67. The predicted octanol–water partition coefficient (Wildman–Crippen LogP) is 1.59. The molecule has 4 heteroatoms. The van der Waals surface area contributed by atoms with Crippen LogP contribution in [-0.2, 0) is 4.74 Å². The Bertz CT molecular complexity index is 363. The maximum Gasteiger partial charge on any atom is 0.152 e. The minimum Gasteiger partial charge on any atom is -0.396 e. The van der Waals surface area contributed by atoms with Gasteiger partial charge in [-0.25, -0.2) is 4.98 Å². The fourth-order valence-electron chi connectivity index (χ4n) is 1.82. The largest absolute Gasteiger partial charge is 0.396 e. The molecule has 1 aromatic heterocycles. The van der Waals surface area contributed by atoms with Crippen LogP contribution in [0, 0.1) is 6.92 Å². The van der Waals surface area contributed by atoms with Gasteiger partial charge in [0, 0.05) is 25.9 Å². The van der Waals surface area contributed by atoms with E-state index in [9.17, 15) is 0 Å². The minimum atomic E-state index is 0.603. The predicted molar refractivity (Wildman–Crippen MR) is 65.6 cm³/mol. The van der Waals surface area contributed by atoms with Crippen LogP contribution < -0.4 is 10.6 Å². The van der Waals surface area contributed by atoms with Crippen molar-refractivity contribution in [2.45, 2.75) is 25.8 Å². The van der Waals surface area contributed by atoms with E-state index in [0.717, 1.165) is 23.6 Å². The third-order valence-electron chi connectivity index (χ3n) is 2.98. The summed E-state index contributed by atoms with van der Waals surface area (Å²) in [5.41, 5.74) is 7.96. The van der Waals surface area contributed by atoms with Crippen LogP contribution >= 0.6 is 0 Å². The minimum absolute atomic E-state index is 0.603. The topological polar surface area (TPSA) is 51.4 Å². The van der Waals surface area contributed by atoms with E-state index in [2.05, 4.69) is 9.88 Å². The van der Waals surface area contributed by atoms with Crippen molar-refractivity contribution in [3.05, 3.63) is 17.8 Å². The lowest BCUT2D eigenvalue weighted by Crippen LogP contribution is -2.31. The van der Waals surface area contributed by atoms with Crippen molar-refractivity contribution in [2.75, 3.05) is 30.9 Å². The number of nitrogens with two attached hydrogens (primary N) is 1. The summed E-state index contributed by atoms with van der Waals surface area (Å²) in [7, 11) is 1.72. The lowest BCUT2D eigenvalue weighted by atomic mass is 10.2. The molecule has 0 radical (unpaired) electrons. The molecule has 2 rings (SSSR count). The van der Waals surface area contributed by atoms with Crippen molar-refractivity contribution in [2.24, 2.45) is 0 Å². The molecule has 0 amide bonds. The zero-order valence-corrected chi connectivity index (χ0v) is 9.94. The van der Waals surface area contributed by atoms with Gasteiger partial charge < -0.3 is 15.4 Å². The molecule has 0 atom stereocenters. The van der Waals surface area contributed by atoms with E-state index in [-0.39, 0.29) is 0 Å². The average molecular weight is 221 g/mol. The number of aromatic nitrogens is 1. The van der Waals surface area contributed by atoms with Crippen molar-refractivity contribution in [1.29, 1.82) is 0 Å². The van der Waals surface area contributed by atoms with E-state index in [1.54, 1.807) is 7.11 Å². The standard InChI is InChI=1S/C12H19N3O/c1-9-5-6-14-12(11(9)13)15(7-8-16-2)10-3-4-10/h5-6,10H,3-4,7-8,13H2,1-2H3. The Balaban J connectivity index is 2.20. The molecule has 16 heavy (non-hydrogen) atoms. The molecule has 1 fully saturated rings. The van der Waals surface area contributed by atoms with Crippen LogP contribution in [0.4, 0.5) is 11.5 Å². The fraction of sp³-hybridized carbons (Fsp3) is 0.583. The second-order valence-corrected chi connectivity index (χ2v) is 4.28. The van der Waals surface area contributed by atoms with Gasteiger partial charge in [0.15, 0.2) is 5.82 Å². The van der Waals surface area contributed by atoms with Crippen molar-refractivity contribution in [3.8, 4) is 0 Å². The first kappa shape index (κ1) is 11.2. The first-order valence-corrected chi connectivity index (χ1v) is 5.70. The van der Waals surface area contributed by atoms with Crippen LogP contribution in [0.3, 0.4) is 0 Å². The maximum absolute atomic E-state index is 6.08. The summed E-state index contributed by atoms with van der Waals surface area (Å²) in [6, 6.07) is 2.55. The molecule has 0 aliphatic heterocycles. The van der Waals surface area contributed by atoms with E-state index in [1.165, 1.54) is 12.8 Å². The SMILES string of the molecule is COCCN(c1nccc(C)c1N)C1CC1. The number of hydrogen-bond acceptors (Lipinski definition) is 4. The molecule has 0 saturated heterocycles. The van der Waals surface area contributed by atoms with Crippen LogP contribution in [0.25, 0.3) is 0 Å². The highest BCUT2D eigenvalue weighted by atomic mass is 16.5. The summed E-state index contributed by atoms with van der Waals surface area (Å²) < 4.78 is 5.13. The Morgan fingerprint density at radius 2 is 2.31 bits per heavy atom. The summed E-state index contributed by atoms with van der Waals surface area (Å²) in [6.45, 7) is 3.59. The van der Waals surface area contributed by atoms with Crippen molar-refractivity contribution >= 4 is 11.5 Å². The highest BCUT2D eigenvalue weighted by Gasteiger charge is 2.30. The third-order valence-corrected chi connectivity index (χ3v) is 2.98. The molecule has 0 spiro atoms. The highest BCUT2D eigenvalue weighted by Crippen LogP contribution is 2.33. The Labute approximate surface area is 96.4 Å². The first-order valence-electron chi connectivity index (χ1n) is 5.70. The molecule has 2 N–H and O–H groups in total. The number of ether oxygens (including phenoxy) is 1. The van der Waals surface area contributed by atoms with Crippen LogP contribution in [0.5, 0.6) is 0 Å². The molecule has 4 nitrogen and oxygen atoms in total. The molecule has 1 aromatic rings. The van der Waals surface area contributed by atoms with Crippen LogP contribution in [0.1, 0.15) is 18.4 Å². The lowest BCUT2D eigenvalue weighted by Gasteiger charge is -2.24. The Morgan fingerprint density at radius 3 is 2.94 bits per heavy atom. The van der Waals surface area contributed by atoms with Crippen molar-refractivity contribution < 1.29 is 4.74 Å². The molecule has 1 heterocycles. The fourth-order valence-corrected chi connectivity index (χ4v) is 1.82. The van der Waals surface area contributed by atoms with Gasteiger partial charge in [-0.1, -0.05) is 0 Å². The monoisotopic (exact) mass is 221 g/mol. The lowest BCUT2D eigenvalue weighted by molar-refractivity contribution is 0.205. The molecule has 0 unspecified atom stereocenters. The summed E-state index contributed by atoms with van der Waals surface area (Å²) in [6.07, 6.45) is 4.29. The summed E-state index contributed by atoms with van der Waals surface area (Å²) in [5.74, 6) is 0.916. The van der Waals surface area contributed by atoms with Gasteiger partial charge in [-0.15, -0.1) is 0 Å². The van der Waals surface area contributed by atoms with Crippen LogP contribution in [-0.4, -0.2) is 31.3 Å². The average Bonchev–Trinajstić information content (AvgIpc) is 3.08. The number of methoxy groups -OCH3 is 1. The number of anilines is 2. The number of nitrogens with zero attached hydrogens (tertiary/aromatic N) is 2. The van der Waals surface area contributed by atoms with Crippen LogP contribution in [0.15, 0.2) is 12.3 Å². The number of rotatable bonds is 5. The van der Waals surface area contributed by atoms with Gasteiger partial charge in [0.1, 0.15) is 0 Å². The Morgan fingerprint density at radius 1 is 1.56 bits per heavy atom. The van der Waals surface area contributed by atoms with Gasteiger partial charge in [-0.3, -0.25) is 0 Å². The van der Waals surface area contributed by atoms with Crippen molar-refractivity contribution in [3.63, 3.8) is 0 Å². The van der Waals surface area contributed by atoms with E-state index in [1.807, 2.05) is 19.2 Å². The Hall–Kier alpha value is -1.29. The molecule has 1 saturated carbocycles. The van der Waals surface area contributed by atoms with Gasteiger partial charge in [-0.2, -0.15) is 0 Å². The quantitative estimate of drug-likeness (QED) is 0.820. The first-order chi connectivity index (χ1) is 7.74. The molecular weight excluding hydrogens is 202 g/mol. The van der Waals surface area contributed by atoms with Gasteiger partial charge in [-0.05, 0) is 31.4 Å². The van der Waals surface area contributed by atoms with E-state index < -0.39 is 0 Å². The zero-order chi connectivity index (χ0) is 11.5. The number of hydrogen-bond donors (Lipinski definition) is 1. The summed E-state index contributed by atoms with van der Waals surface area (Å²) >= 11 is 0. The number of nitrogen functional groups attached to an aromatic ring is 1. The highest BCUT2D eigenvalue weighted by molar-refractivity contribution is 5.67. The molecule has 1 aliphatic carbocycles. The van der Waals surface area contributed by atoms with Gasteiger partial charge in [0.25, 0.3) is 0 Å². The molecule has 1 aliphatic rings. The van der Waals surface area contributed by atoms with Gasteiger partial charge >= 0.3 is 0 Å². The Kier molecular flexibility index (Phi) is 3.29. The normalized spacial score (nSPS) is 15.1. The van der Waals surface area contributed by atoms with E-state index >= 15 is 0 Å². The summed E-state index contributed by atoms with van der Waals surface area (Å²) in [5, 5.41) is 0. The van der Waals surface area contributed by atoms with Gasteiger partial charge in [0.2, 0.25) is 0 Å². The number of aryl methyl sites for hydroxylation is 1. The van der Waals surface area contributed by atoms with Crippen LogP contribution in [0.2, 0.25) is 0 Å².